The van der Waals surface area contributed by atoms with E-state index in [9.17, 15) is 5.11 Å². The molecule has 8 nitrogen and oxygen atoms in total. The first-order chi connectivity index (χ1) is 15.6. The Hall–Kier alpha value is -2.27. The fraction of sp³-hybridized carbons (Fsp3) is 0.500. The van der Waals surface area contributed by atoms with Crippen molar-refractivity contribution in [2.45, 2.75) is 26.5 Å². The Morgan fingerprint density at radius 2 is 1.94 bits per heavy atom. The number of aromatic hydroxyl groups is 1. The van der Waals surface area contributed by atoms with Crippen molar-refractivity contribution in [2.75, 3.05) is 62.2 Å². The van der Waals surface area contributed by atoms with E-state index in [1.807, 2.05) is 30.5 Å². The van der Waals surface area contributed by atoms with Crippen LogP contribution >= 0.6 is 24.0 Å². The number of piperazine rings is 1. The highest BCUT2D eigenvalue weighted by Gasteiger charge is 2.21. The van der Waals surface area contributed by atoms with Gasteiger partial charge in [-0.3, -0.25) is 0 Å². The van der Waals surface area contributed by atoms with Crippen LogP contribution in [0.3, 0.4) is 0 Å². The second kappa shape index (κ2) is 12.3. The van der Waals surface area contributed by atoms with Crippen molar-refractivity contribution in [1.82, 2.24) is 15.2 Å². The van der Waals surface area contributed by atoms with E-state index in [2.05, 4.69) is 44.9 Å². The Labute approximate surface area is 213 Å². The highest BCUT2D eigenvalue weighted by molar-refractivity contribution is 14.0. The summed E-state index contributed by atoms with van der Waals surface area (Å²) in [6.07, 6.45) is 2.10. The standard InChI is InChI=1S/C24H34N6O2.HI/c1-3-25-24(29-12-10-28(11-13-29)21-6-4-5-7-22(21)31)27-17-20-8-9-26-23(16-20)30-14-15-32-19(2)18-30;/h4-9,16,19,31H,3,10-15,17-18H2,1-2H3,(H,25,27);1H. The summed E-state index contributed by atoms with van der Waals surface area (Å²) in [7, 11) is 0. The van der Waals surface area contributed by atoms with E-state index in [4.69, 9.17) is 9.73 Å². The molecule has 1 aromatic heterocycles. The molecule has 3 heterocycles. The molecule has 2 aliphatic heterocycles. The van der Waals surface area contributed by atoms with Gasteiger partial charge in [0.2, 0.25) is 0 Å². The summed E-state index contributed by atoms with van der Waals surface area (Å²) in [5, 5.41) is 13.6. The summed E-state index contributed by atoms with van der Waals surface area (Å²) in [5.74, 6) is 2.27. The van der Waals surface area contributed by atoms with Gasteiger partial charge in [0.15, 0.2) is 5.96 Å². The van der Waals surface area contributed by atoms with Crippen molar-refractivity contribution in [3.05, 3.63) is 48.2 Å². The number of anilines is 2. The molecule has 0 amide bonds. The lowest BCUT2D eigenvalue weighted by Crippen LogP contribution is -2.52. The molecule has 9 heteroatoms. The Balaban J connectivity index is 0.00000306. The molecule has 0 spiro atoms. The number of benzene rings is 1. The van der Waals surface area contributed by atoms with E-state index in [1.165, 1.54) is 0 Å². The number of nitrogens with one attached hydrogen (secondary N) is 1. The number of guanidine groups is 1. The zero-order chi connectivity index (χ0) is 22.3. The first-order valence-electron chi connectivity index (χ1n) is 11.5. The molecule has 1 atom stereocenters. The summed E-state index contributed by atoms with van der Waals surface area (Å²) in [4.78, 5) is 16.3. The first-order valence-corrected chi connectivity index (χ1v) is 11.5. The molecule has 1 aromatic carbocycles. The zero-order valence-electron chi connectivity index (χ0n) is 19.5. The van der Waals surface area contributed by atoms with E-state index >= 15 is 0 Å². The van der Waals surface area contributed by atoms with Gasteiger partial charge in [-0.05, 0) is 43.7 Å². The van der Waals surface area contributed by atoms with E-state index in [1.54, 1.807) is 6.07 Å². The molecule has 2 aromatic rings. The number of aliphatic imine (C=N–C) groups is 1. The summed E-state index contributed by atoms with van der Waals surface area (Å²) >= 11 is 0. The lowest BCUT2D eigenvalue weighted by atomic mass is 10.2. The average Bonchev–Trinajstić information content (AvgIpc) is 2.82. The van der Waals surface area contributed by atoms with E-state index in [-0.39, 0.29) is 30.1 Å². The quantitative estimate of drug-likeness (QED) is 0.328. The van der Waals surface area contributed by atoms with E-state index in [0.29, 0.717) is 12.3 Å². The molecule has 4 rings (SSSR count). The van der Waals surface area contributed by atoms with Crippen LogP contribution in [-0.4, -0.2) is 79.5 Å². The maximum atomic E-state index is 10.2. The number of phenols is 1. The summed E-state index contributed by atoms with van der Waals surface area (Å²) < 4.78 is 5.65. The molecule has 2 N–H and O–H groups in total. The SMILES string of the molecule is CCNC(=NCc1ccnc(N2CCOC(C)C2)c1)N1CCN(c2ccccc2O)CC1.I. The minimum Gasteiger partial charge on any atom is -0.506 e. The monoisotopic (exact) mass is 566 g/mol. The molecule has 1 unspecified atom stereocenters. The van der Waals surface area contributed by atoms with Gasteiger partial charge in [-0.15, -0.1) is 24.0 Å². The van der Waals surface area contributed by atoms with Crippen LogP contribution < -0.4 is 15.1 Å². The number of hydrogen-bond acceptors (Lipinski definition) is 6. The smallest absolute Gasteiger partial charge is 0.194 e. The molecule has 2 aliphatic rings. The molecular weight excluding hydrogens is 531 g/mol. The van der Waals surface area contributed by atoms with Crippen molar-refractivity contribution in [1.29, 1.82) is 0 Å². The van der Waals surface area contributed by atoms with Gasteiger partial charge in [0.05, 0.1) is 24.9 Å². The van der Waals surface area contributed by atoms with Gasteiger partial charge in [-0.2, -0.15) is 0 Å². The van der Waals surface area contributed by atoms with Crippen LogP contribution in [0.25, 0.3) is 0 Å². The van der Waals surface area contributed by atoms with Crippen molar-refractivity contribution < 1.29 is 9.84 Å². The van der Waals surface area contributed by atoms with Crippen LogP contribution in [0.5, 0.6) is 5.75 Å². The average molecular weight is 566 g/mol. The Bertz CT molecular complexity index is 919. The Morgan fingerprint density at radius 1 is 1.15 bits per heavy atom. The predicted molar refractivity (Wildman–Crippen MR) is 144 cm³/mol. The largest absolute Gasteiger partial charge is 0.506 e. The third-order valence-corrected chi connectivity index (χ3v) is 5.92. The first kappa shape index (κ1) is 25.4. The topological polar surface area (TPSA) is 76.5 Å². The second-order valence-electron chi connectivity index (χ2n) is 8.28. The highest BCUT2D eigenvalue weighted by Crippen LogP contribution is 2.27. The van der Waals surface area contributed by atoms with Crippen LogP contribution in [0.2, 0.25) is 0 Å². The number of hydrogen-bond donors (Lipinski definition) is 2. The number of rotatable bonds is 5. The predicted octanol–water partition coefficient (Wildman–Crippen LogP) is 2.92. The number of nitrogens with zero attached hydrogens (tertiary/aromatic N) is 5. The third kappa shape index (κ3) is 6.63. The zero-order valence-corrected chi connectivity index (χ0v) is 21.8. The molecule has 0 bridgehead atoms. The fourth-order valence-electron chi connectivity index (χ4n) is 4.24. The Morgan fingerprint density at radius 3 is 2.67 bits per heavy atom. The molecule has 0 saturated carbocycles. The lowest BCUT2D eigenvalue weighted by Gasteiger charge is -2.37. The van der Waals surface area contributed by atoms with Gasteiger partial charge in [0.1, 0.15) is 11.6 Å². The number of ether oxygens (including phenoxy) is 1. The molecule has 2 fully saturated rings. The highest BCUT2D eigenvalue weighted by atomic mass is 127. The van der Waals surface area contributed by atoms with E-state index < -0.39 is 0 Å². The molecular formula is C24H35IN6O2. The normalized spacial score (nSPS) is 19.3. The molecule has 0 aliphatic carbocycles. The molecule has 0 radical (unpaired) electrons. The maximum Gasteiger partial charge on any atom is 0.194 e. The number of phenolic OH excluding ortho intramolecular Hbond substituents is 1. The number of morpholine rings is 1. The van der Waals surface area contributed by atoms with Crippen molar-refractivity contribution in [2.24, 2.45) is 4.99 Å². The molecule has 2 saturated heterocycles. The van der Waals surface area contributed by atoms with Gasteiger partial charge >= 0.3 is 0 Å². The number of halogens is 1. The third-order valence-electron chi connectivity index (χ3n) is 5.92. The van der Waals surface area contributed by atoms with Gasteiger partial charge in [-0.1, -0.05) is 12.1 Å². The van der Waals surface area contributed by atoms with Gasteiger partial charge in [-0.25, -0.2) is 9.98 Å². The number of aromatic nitrogens is 1. The Kier molecular flexibility index (Phi) is 9.42. The summed E-state index contributed by atoms with van der Waals surface area (Å²) in [5.41, 5.74) is 2.05. The molecule has 180 valence electrons. The van der Waals surface area contributed by atoms with Gasteiger partial charge in [0.25, 0.3) is 0 Å². The van der Waals surface area contributed by atoms with Crippen molar-refractivity contribution >= 4 is 41.4 Å². The summed E-state index contributed by atoms with van der Waals surface area (Å²) in [6, 6.07) is 11.7. The van der Waals surface area contributed by atoms with Crippen molar-refractivity contribution in [3.63, 3.8) is 0 Å². The summed E-state index contributed by atoms with van der Waals surface area (Å²) in [6.45, 7) is 11.5. The second-order valence-corrected chi connectivity index (χ2v) is 8.28. The van der Waals surface area contributed by atoms with Crippen LogP contribution in [-0.2, 0) is 11.3 Å². The van der Waals surface area contributed by atoms with Crippen LogP contribution in [0.4, 0.5) is 11.5 Å². The van der Waals surface area contributed by atoms with Crippen LogP contribution in [0, 0.1) is 0 Å². The number of para-hydroxylation sites is 2. The van der Waals surface area contributed by atoms with E-state index in [0.717, 1.165) is 75.4 Å². The fourth-order valence-corrected chi connectivity index (χ4v) is 4.24. The van der Waals surface area contributed by atoms with Crippen LogP contribution in [0.1, 0.15) is 19.4 Å². The minimum atomic E-state index is 0. The van der Waals surface area contributed by atoms with Gasteiger partial charge < -0.3 is 29.9 Å². The number of pyridine rings is 1. The van der Waals surface area contributed by atoms with Gasteiger partial charge in [0, 0.05) is 52.0 Å². The van der Waals surface area contributed by atoms with Crippen LogP contribution in [0.15, 0.2) is 47.6 Å². The maximum absolute atomic E-state index is 10.2. The lowest BCUT2D eigenvalue weighted by molar-refractivity contribution is 0.0529. The van der Waals surface area contributed by atoms with Crippen molar-refractivity contribution in [3.8, 4) is 5.75 Å². The molecule has 33 heavy (non-hydrogen) atoms. The minimum absolute atomic E-state index is 0.